The number of benzene rings is 3. The van der Waals surface area contributed by atoms with E-state index in [9.17, 15) is 34.5 Å². The number of phenolic OH excluding ortho intramolecular Hbond substituents is 1. The monoisotopic (exact) mass is 544 g/mol. The molecule has 4 aromatic rings. The molecule has 0 spiro atoms. The molecule has 2 heterocycles. The van der Waals surface area contributed by atoms with E-state index in [2.05, 4.69) is 0 Å². The van der Waals surface area contributed by atoms with E-state index in [1.165, 1.54) is 22.8 Å². The summed E-state index contributed by atoms with van der Waals surface area (Å²) in [5, 5.41) is 32.8. The molecule has 1 atom stereocenters. The van der Waals surface area contributed by atoms with Gasteiger partial charge in [0, 0.05) is 17.7 Å². The maximum Gasteiger partial charge on any atom is 0.318 e. The zero-order chi connectivity index (χ0) is 27.4. The minimum absolute atomic E-state index is 0.00361. The number of aromatic nitrogens is 1. The lowest BCUT2D eigenvalue weighted by Crippen LogP contribution is -2.38. The number of thiazole rings is 1. The lowest BCUT2D eigenvalue weighted by Gasteiger charge is -2.30. The van der Waals surface area contributed by atoms with Crippen LogP contribution in [0.3, 0.4) is 0 Å². The van der Waals surface area contributed by atoms with Crippen molar-refractivity contribution in [3.8, 4) is 5.75 Å². The molecule has 0 radical (unpaired) electrons. The number of nitro groups is 2. The van der Waals surface area contributed by atoms with E-state index in [4.69, 9.17) is 4.99 Å². The van der Waals surface area contributed by atoms with E-state index < -0.39 is 44.4 Å². The van der Waals surface area contributed by atoms with E-state index in [1.54, 1.807) is 12.1 Å². The van der Waals surface area contributed by atoms with E-state index in [0.29, 0.717) is 16.8 Å². The van der Waals surface area contributed by atoms with Crippen LogP contribution in [0.15, 0.2) is 76.0 Å². The molecule has 194 valence electrons. The minimum Gasteiger partial charge on any atom is -0.497 e. The summed E-state index contributed by atoms with van der Waals surface area (Å²) in [5.41, 5.74) is 2.29. The fourth-order valence-corrected chi connectivity index (χ4v) is 6.11. The molecular weight excluding hydrogens is 527 g/mol. The molecular formula is C27H17FN4O6S. The molecule has 0 fully saturated rings. The number of halogens is 1. The first kappa shape index (κ1) is 24.4. The van der Waals surface area contributed by atoms with E-state index in [1.807, 2.05) is 24.3 Å². The van der Waals surface area contributed by atoms with Gasteiger partial charge in [-0.3, -0.25) is 29.6 Å². The number of hydrogen-bond donors (Lipinski definition) is 1. The Morgan fingerprint density at radius 3 is 2.36 bits per heavy atom. The quantitative estimate of drug-likeness (QED) is 0.304. The van der Waals surface area contributed by atoms with Gasteiger partial charge in [-0.15, -0.1) is 0 Å². The van der Waals surface area contributed by atoms with Crippen molar-refractivity contribution in [2.24, 2.45) is 4.99 Å². The molecule has 39 heavy (non-hydrogen) atoms. The second kappa shape index (κ2) is 9.10. The fourth-order valence-electron chi connectivity index (χ4n) is 5.11. The lowest BCUT2D eigenvalue weighted by atomic mass is 9.83. The molecule has 3 aromatic carbocycles. The summed E-state index contributed by atoms with van der Waals surface area (Å²) in [6, 6.07) is 15.2. The zero-order valence-corrected chi connectivity index (χ0v) is 20.7. The molecule has 1 aromatic heterocycles. The summed E-state index contributed by atoms with van der Waals surface area (Å²) in [6.07, 6.45) is 2.69. The topological polar surface area (TPSA) is 141 Å². The van der Waals surface area contributed by atoms with Crippen LogP contribution in [0.25, 0.3) is 11.8 Å². The van der Waals surface area contributed by atoms with Crippen molar-refractivity contribution >= 4 is 34.5 Å². The van der Waals surface area contributed by atoms with Crippen LogP contribution in [-0.2, 0) is 6.42 Å². The second-order valence-electron chi connectivity index (χ2n) is 9.09. The number of nitrogens with zero attached hydrogens (tertiary/aromatic N) is 4. The van der Waals surface area contributed by atoms with Crippen LogP contribution < -0.4 is 14.9 Å². The van der Waals surface area contributed by atoms with Crippen molar-refractivity contribution < 1.29 is 19.3 Å². The highest BCUT2D eigenvalue weighted by Gasteiger charge is 2.33. The van der Waals surface area contributed by atoms with Crippen LogP contribution in [0.1, 0.15) is 34.7 Å². The maximum atomic E-state index is 13.8. The Balaban J connectivity index is 1.61. The molecule has 0 saturated carbocycles. The fraction of sp³-hybridized carbons (Fsp3) is 0.111. The highest BCUT2D eigenvalue weighted by Crippen LogP contribution is 2.41. The van der Waals surface area contributed by atoms with Gasteiger partial charge in [0.1, 0.15) is 5.82 Å². The van der Waals surface area contributed by atoms with Crippen LogP contribution in [0, 0.1) is 26.0 Å². The molecule has 0 saturated heterocycles. The Bertz CT molecular complexity index is 1890. The van der Waals surface area contributed by atoms with Crippen molar-refractivity contribution in [2.45, 2.75) is 18.9 Å². The maximum absolute atomic E-state index is 13.8. The summed E-state index contributed by atoms with van der Waals surface area (Å²) in [6.45, 7) is 0. The summed E-state index contributed by atoms with van der Waals surface area (Å²) < 4.78 is 15.5. The third-order valence-electron chi connectivity index (χ3n) is 6.84. The number of aromatic hydroxyl groups is 1. The Kier molecular flexibility index (Phi) is 5.69. The SMILES string of the molecule is O=c1/c(=C\c2cc([N+](=O)[O-])c(O)c([N+](=O)[O-])c2)sc2n1[C@H](c1ccc(F)cc1)C1=C(N=2)c2ccccc2CC1. The van der Waals surface area contributed by atoms with E-state index in [0.717, 1.165) is 52.3 Å². The highest BCUT2D eigenvalue weighted by molar-refractivity contribution is 7.07. The molecule has 12 heteroatoms. The van der Waals surface area contributed by atoms with Crippen LogP contribution in [-0.4, -0.2) is 19.5 Å². The van der Waals surface area contributed by atoms with Gasteiger partial charge in [-0.2, -0.15) is 0 Å². The highest BCUT2D eigenvalue weighted by atomic mass is 32.1. The predicted octanol–water partition coefficient (Wildman–Crippen LogP) is 3.98. The first-order valence-corrected chi connectivity index (χ1v) is 12.6. The summed E-state index contributed by atoms with van der Waals surface area (Å²) >= 11 is 1.04. The van der Waals surface area contributed by atoms with Crippen LogP contribution in [0.5, 0.6) is 5.75 Å². The van der Waals surface area contributed by atoms with Crippen LogP contribution in [0.2, 0.25) is 0 Å². The summed E-state index contributed by atoms with van der Waals surface area (Å²) in [5.74, 6) is -1.48. The largest absolute Gasteiger partial charge is 0.497 e. The summed E-state index contributed by atoms with van der Waals surface area (Å²) in [4.78, 5) is 39.9. The minimum atomic E-state index is -1.06. The van der Waals surface area contributed by atoms with Gasteiger partial charge in [0.2, 0.25) is 0 Å². The molecule has 0 amide bonds. The van der Waals surface area contributed by atoms with Gasteiger partial charge in [0.25, 0.3) is 11.3 Å². The van der Waals surface area contributed by atoms with Crippen LogP contribution in [0.4, 0.5) is 15.8 Å². The smallest absolute Gasteiger partial charge is 0.318 e. The third kappa shape index (κ3) is 4.01. The van der Waals surface area contributed by atoms with Gasteiger partial charge in [0.15, 0.2) is 4.80 Å². The Hall–Kier alpha value is -4.97. The number of phenols is 1. The molecule has 2 aliphatic rings. The first-order chi connectivity index (χ1) is 18.7. The summed E-state index contributed by atoms with van der Waals surface area (Å²) in [7, 11) is 0. The number of nitro benzene ring substituents is 2. The number of allylic oxidation sites excluding steroid dienone is 1. The average Bonchev–Trinajstić information content (AvgIpc) is 3.22. The number of fused-ring (bicyclic) bond motifs is 3. The van der Waals surface area contributed by atoms with Gasteiger partial charge >= 0.3 is 11.4 Å². The van der Waals surface area contributed by atoms with Crippen molar-refractivity contribution in [1.82, 2.24) is 4.57 Å². The number of aryl methyl sites for hydroxylation is 1. The third-order valence-corrected chi connectivity index (χ3v) is 7.82. The Morgan fingerprint density at radius 2 is 1.69 bits per heavy atom. The molecule has 1 aliphatic carbocycles. The molecule has 0 unspecified atom stereocenters. The van der Waals surface area contributed by atoms with Crippen LogP contribution >= 0.6 is 11.3 Å². The molecule has 1 aliphatic heterocycles. The van der Waals surface area contributed by atoms with Gasteiger partial charge in [0.05, 0.1) is 26.1 Å². The Labute approximate surface area is 222 Å². The van der Waals surface area contributed by atoms with Gasteiger partial charge < -0.3 is 5.11 Å². The van der Waals surface area contributed by atoms with Crippen molar-refractivity contribution in [3.05, 3.63) is 134 Å². The predicted molar refractivity (Wildman–Crippen MR) is 141 cm³/mol. The van der Waals surface area contributed by atoms with E-state index >= 15 is 0 Å². The molecule has 0 bridgehead atoms. The normalized spacial score (nSPS) is 16.2. The van der Waals surface area contributed by atoms with Crippen molar-refractivity contribution in [3.63, 3.8) is 0 Å². The van der Waals surface area contributed by atoms with Gasteiger partial charge in [-0.25, -0.2) is 9.38 Å². The average molecular weight is 545 g/mol. The van der Waals surface area contributed by atoms with Crippen molar-refractivity contribution in [2.75, 3.05) is 0 Å². The molecule has 1 N–H and O–H groups in total. The molecule has 6 rings (SSSR count). The first-order valence-electron chi connectivity index (χ1n) is 11.8. The number of hydrogen-bond acceptors (Lipinski definition) is 8. The second-order valence-corrected chi connectivity index (χ2v) is 10.1. The number of rotatable bonds is 4. The van der Waals surface area contributed by atoms with E-state index in [-0.39, 0.29) is 10.1 Å². The Morgan fingerprint density at radius 1 is 1.03 bits per heavy atom. The molecule has 10 nitrogen and oxygen atoms in total. The van der Waals surface area contributed by atoms with Gasteiger partial charge in [-0.1, -0.05) is 47.7 Å². The lowest BCUT2D eigenvalue weighted by molar-refractivity contribution is -0.396. The zero-order valence-electron chi connectivity index (χ0n) is 19.9. The van der Waals surface area contributed by atoms with Crippen molar-refractivity contribution in [1.29, 1.82) is 0 Å². The van der Waals surface area contributed by atoms with Gasteiger partial charge in [-0.05, 0) is 53.3 Å². The standard InChI is InChI=1S/C27H17FN4O6S/c28-17-8-5-16(6-9-17)24-19-10-7-15-3-1-2-4-18(15)23(19)29-27-30(24)26(34)22(39-27)13-14-11-20(31(35)36)25(33)21(12-14)32(37)38/h1-6,8-9,11-13,24,33H,7,10H2/b22-13+/t24-/m1/s1.